The Morgan fingerprint density at radius 2 is 2.00 bits per heavy atom. The maximum atomic E-state index is 12.0. The molecule has 1 aromatic heterocycles. The number of H-pyrrole nitrogens is 1. The largest absolute Gasteiger partial charge is 0.347 e. The summed E-state index contributed by atoms with van der Waals surface area (Å²) in [7, 11) is -3.64. The van der Waals surface area contributed by atoms with E-state index in [1.54, 1.807) is 18.3 Å². The van der Waals surface area contributed by atoms with Gasteiger partial charge in [-0.05, 0) is 25.0 Å². The molecule has 0 atom stereocenters. The standard InChI is InChI=1S/C17H20Cl2N2O4S/c1-4-5-14(22)21-17-15(10(2)8-20-17)11-6-7-13(18)12(16(11)19)9-25-26(3,23)24/h6-8,20H,4-5,9H2,1-3H3,(H,21,22). The fourth-order valence-electron chi connectivity index (χ4n) is 2.49. The highest BCUT2D eigenvalue weighted by atomic mass is 35.5. The molecule has 0 radical (unpaired) electrons. The molecule has 142 valence electrons. The summed E-state index contributed by atoms with van der Waals surface area (Å²) < 4.78 is 27.4. The van der Waals surface area contributed by atoms with Gasteiger partial charge in [-0.1, -0.05) is 36.2 Å². The van der Waals surface area contributed by atoms with Crippen LogP contribution in [0.2, 0.25) is 10.0 Å². The fraction of sp³-hybridized carbons (Fsp3) is 0.353. The predicted octanol–water partition coefficient (Wildman–Crippen LogP) is 4.51. The minimum atomic E-state index is -3.64. The van der Waals surface area contributed by atoms with Crippen molar-refractivity contribution in [2.24, 2.45) is 0 Å². The molecule has 0 saturated heterocycles. The predicted molar refractivity (Wildman–Crippen MR) is 104 cm³/mol. The fourth-order valence-corrected chi connectivity index (χ4v) is 3.39. The number of halogens is 2. The summed E-state index contributed by atoms with van der Waals surface area (Å²) >= 11 is 12.7. The van der Waals surface area contributed by atoms with Gasteiger partial charge in [0.05, 0.1) is 17.9 Å². The highest BCUT2D eigenvalue weighted by Gasteiger charge is 2.19. The van der Waals surface area contributed by atoms with Gasteiger partial charge in [-0.2, -0.15) is 8.42 Å². The first-order valence-electron chi connectivity index (χ1n) is 7.93. The average Bonchev–Trinajstić information content (AvgIpc) is 2.87. The molecule has 1 aromatic carbocycles. The zero-order valence-electron chi connectivity index (χ0n) is 14.7. The number of aryl methyl sites for hydroxylation is 1. The monoisotopic (exact) mass is 418 g/mol. The van der Waals surface area contributed by atoms with Crippen molar-refractivity contribution in [2.75, 3.05) is 11.6 Å². The SMILES string of the molecule is CCCC(=O)Nc1[nH]cc(C)c1-c1ccc(Cl)c(COS(C)(=O)=O)c1Cl. The van der Waals surface area contributed by atoms with E-state index < -0.39 is 10.1 Å². The van der Waals surface area contributed by atoms with Gasteiger partial charge in [0.25, 0.3) is 10.1 Å². The van der Waals surface area contributed by atoms with Gasteiger partial charge in [0, 0.05) is 34.3 Å². The lowest BCUT2D eigenvalue weighted by atomic mass is 10.0. The topological polar surface area (TPSA) is 88.3 Å². The molecule has 0 saturated carbocycles. The van der Waals surface area contributed by atoms with Gasteiger partial charge in [0.15, 0.2) is 0 Å². The molecule has 26 heavy (non-hydrogen) atoms. The first-order chi connectivity index (χ1) is 12.1. The second-order valence-corrected chi connectivity index (χ2v) is 8.30. The summed E-state index contributed by atoms with van der Waals surface area (Å²) in [5.74, 6) is 0.418. The van der Waals surface area contributed by atoms with Gasteiger partial charge in [0.1, 0.15) is 5.82 Å². The molecular weight excluding hydrogens is 399 g/mol. The van der Waals surface area contributed by atoms with E-state index in [2.05, 4.69) is 10.3 Å². The van der Waals surface area contributed by atoms with Crippen molar-refractivity contribution >= 4 is 45.0 Å². The zero-order valence-corrected chi connectivity index (χ0v) is 17.0. The molecule has 2 N–H and O–H groups in total. The third kappa shape index (κ3) is 5.01. The van der Waals surface area contributed by atoms with E-state index in [0.717, 1.165) is 23.8 Å². The number of amides is 1. The molecule has 2 aromatic rings. The number of carbonyl (C=O) groups is 1. The van der Waals surface area contributed by atoms with Crippen molar-refractivity contribution in [3.63, 3.8) is 0 Å². The Kier molecular flexibility index (Phi) is 6.74. The molecule has 1 heterocycles. The van der Waals surface area contributed by atoms with Crippen molar-refractivity contribution in [2.45, 2.75) is 33.3 Å². The van der Waals surface area contributed by atoms with Crippen LogP contribution in [0.15, 0.2) is 18.3 Å². The number of anilines is 1. The van der Waals surface area contributed by atoms with Gasteiger partial charge in [-0.15, -0.1) is 0 Å². The Labute approximate surface area is 163 Å². The number of nitrogens with one attached hydrogen (secondary N) is 2. The third-order valence-electron chi connectivity index (χ3n) is 3.69. The van der Waals surface area contributed by atoms with Crippen LogP contribution in [0.4, 0.5) is 5.82 Å². The highest BCUT2D eigenvalue weighted by Crippen LogP contribution is 2.40. The minimum Gasteiger partial charge on any atom is -0.347 e. The van der Waals surface area contributed by atoms with E-state index in [1.165, 1.54) is 0 Å². The van der Waals surface area contributed by atoms with Crippen molar-refractivity contribution < 1.29 is 17.4 Å². The molecule has 0 aliphatic rings. The molecule has 9 heteroatoms. The lowest BCUT2D eigenvalue weighted by Gasteiger charge is -2.14. The first kappa shape index (κ1) is 20.8. The van der Waals surface area contributed by atoms with Gasteiger partial charge in [0.2, 0.25) is 5.91 Å². The van der Waals surface area contributed by atoms with Crippen LogP contribution in [-0.2, 0) is 25.7 Å². The smallest absolute Gasteiger partial charge is 0.264 e. The molecule has 0 aliphatic carbocycles. The van der Waals surface area contributed by atoms with Crippen molar-refractivity contribution in [3.8, 4) is 11.1 Å². The molecule has 0 aliphatic heterocycles. The zero-order chi connectivity index (χ0) is 19.5. The summed E-state index contributed by atoms with van der Waals surface area (Å²) in [6, 6.07) is 3.34. The van der Waals surface area contributed by atoms with Gasteiger partial charge < -0.3 is 10.3 Å². The minimum absolute atomic E-state index is 0.110. The second kappa shape index (κ2) is 8.43. The lowest BCUT2D eigenvalue weighted by molar-refractivity contribution is -0.116. The molecule has 0 bridgehead atoms. The number of aromatic nitrogens is 1. The van der Waals surface area contributed by atoms with E-state index >= 15 is 0 Å². The average molecular weight is 419 g/mol. The van der Waals surface area contributed by atoms with E-state index in [-0.39, 0.29) is 17.5 Å². The Hall–Kier alpha value is -1.54. The summed E-state index contributed by atoms with van der Waals surface area (Å²) in [6.07, 6.45) is 3.85. The number of hydrogen-bond acceptors (Lipinski definition) is 4. The van der Waals surface area contributed by atoms with Crippen molar-refractivity contribution in [3.05, 3.63) is 39.5 Å². The number of hydrogen-bond donors (Lipinski definition) is 2. The number of aromatic amines is 1. The maximum Gasteiger partial charge on any atom is 0.264 e. The van der Waals surface area contributed by atoms with Crippen LogP contribution in [-0.4, -0.2) is 25.6 Å². The normalized spacial score (nSPS) is 11.6. The quantitative estimate of drug-likeness (QED) is 0.647. The molecule has 2 rings (SSSR count). The molecule has 0 fully saturated rings. The Morgan fingerprint density at radius 3 is 2.62 bits per heavy atom. The Bertz CT molecular complexity index is 923. The Morgan fingerprint density at radius 1 is 1.31 bits per heavy atom. The van der Waals surface area contributed by atoms with E-state index in [4.69, 9.17) is 27.4 Å². The first-order valence-corrected chi connectivity index (χ1v) is 10.5. The third-order valence-corrected chi connectivity index (χ3v) is 5.02. The number of carbonyl (C=O) groups excluding carboxylic acids is 1. The van der Waals surface area contributed by atoms with Crippen LogP contribution in [0.1, 0.15) is 30.9 Å². The highest BCUT2D eigenvalue weighted by molar-refractivity contribution is 7.85. The molecule has 0 spiro atoms. The lowest BCUT2D eigenvalue weighted by Crippen LogP contribution is -2.11. The molecular formula is C17H20Cl2N2O4S. The summed E-state index contributed by atoms with van der Waals surface area (Å²) in [5, 5.41) is 3.41. The van der Waals surface area contributed by atoms with Crippen LogP contribution in [0.5, 0.6) is 0 Å². The van der Waals surface area contributed by atoms with Crippen LogP contribution >= 0.6 is 23.2 Å². The van der Waals surface area contributed by atoms with Gasteiger partial charge in [-0.25, -0.2) is 0 Å². The van der Waals surface area contributed by atoms with Gasteiger partial charge >= 0.3 is 0 Å². The van der Waals surface area contributed by atoms with E-state index in [0.29, 0.717) is 28.4 Å². The van der Waals surface area contributed by atoms with Crippen LogP contribution in [0.3, 0.4) is 0 Å². The van der Waals surface area contributed by atoms with E-state index in [9.17, 15) is 13.2 Å². The molecule has 1 amide bonds. The number of rotatable bonds is 7. The maximum absolute atomic E-state index is 12.0. The molecule has 0 unspecified atom stereocenters. The van der Waals surface area contributed by atoms with Crippen molar-refractivity contribution in [1.29, 1.82) is 0 Å². The van der Waals surface area contributed by atoms with Crippen LogP contribution in [0, 0.1) is 6.92 Å². The van der Waals surface area contributed by atoms with Crippen molar-refractivity contribution in [1.82, 2.24) is 4.98 Å². The summed E-state index contributed by atoms with van der Waals surface area (Å²) in [6.45, 7) is 3.52. The second-order valence-electron chi connectivity index (χ2n) is 5.87. The Balaban J connectivity index is 2.46. The summed E-state index contributed by atoms with van der Waals surface area (Å²) in [4.78, 5) is 15.0. The van der Waals surface area contributed by atoms with Crippen LogP contribution < -0.4 is 5.32 Å². The summed E-state index contributed by atoms with van der Waals surface area (Å²) in [5.41, 5.74) is 2.57. The molecule has 6 nitrogen and oxygen atoms in total. The van der Waals surface area contributed by atoms with E-state index in [1.807, 2.05) is 13.8 Å². The van der Waals surface area contributed by atoms with Crippen LogP contribution in [0.25, 0.3) is 11.1 Å². The van der Waals surface area contributed by atoms with Gasteiger partial charge in [-0.3, -0.25) is 8.98 Å². The number of benzene rings is 1.